The Balaban J connectivity index is 1.80. The summed E-state index contributed by atoms with van der Waals surface area (Å²) in [6.07, 6.45) is 3.36. The van der Waals surface area contributed by atoms with Crippen molar-refractivity contribution in [2.75, 3.05) is 19.6 Å². The van der Waals surface area contributed by atoms with Crippen molar-refractivity contribution in [3.8, 4) is 0 Å². The van der Waals surface area contributed by atoms with Crippen LogP contribution in [0.25, 0.3) is 0 Å². The minimum atomic E-state index is 0.0914. The largest absolute Gasteiger partial charge is 0.321 e. The number of likely N-dealkylation sites (tertiary alicyclic amines) is 1. The molecule has 1 fully saturated rings. The fourth-order valence-corrected chi connectivity index (χ4v) is 2.90. The van der Waals surface area contributed by atoms with Gasteiger partial charge in [-0.1, -0.05) is 6.92 Å². The molecule has 3 heterocycles. The Hall–Kier alpha value is -0.940. The molecule has 2 aliphatic rings. The van der Waals surface area contributed by atoms with E-state index in [1.165, 1.54) is 13.0 Å². The summed E-state index contributed by atoms with van der Waals surface area (Å²) in [7, 11) is 0. The highest BCUT2D eigenvalue weighted by Gasteiger charge is 2.29. The van der Waals surface area contributed by atoms with E-state index < -0.39 is 0 Å². The lowest BCUT2D eigenvalue weighted by molar-refractivity contribution is 0.352. The first-order valence-electron chi connectivity index (χ1n) is 6.70. The van der Waals surface area contributed by atoms with Gasteiger partial charge in [-0.2, -0.15) is 5.10 Å². The Labute approximate surface area is 102 Å². The van der Waals surface area contributed by atoms with E-state index in [2.05, 4.69) is 21.9 Å². The van der Waals surface area contributed by atoms with Crippen LogP contribution in [0.1, 0.15) is 49.8 Å². The van der Waals surface area contributed by atoms with Crippen molar-refractivity contribution in [1.82, 2.24) is 19.7 Å². The zero-order valence-corrected chi connectivity index (χ0v) is 10.5. The summed E-state index contributed by atoms with van der Waals surface area (Å²) in [5, 5.41) is 4.65. The van der Waals surface area contributed by atoms with E-state index in [1.807, 2.05) is 4.68 Å². The minimum Gasteiger partial charge on any atom is -0.321 e. The molecule has 2 N–H and O–H groups in total. The van der Waals surface area contributed by atoms with Gasteiger partial charge in [-0.05, 0) is 32.4 Å². The number of nitrogens with two attached hydrogens (primary N) is 1. The molecule has 5 heteroatoms. The van der Waals surface area contributed by atoms with Crippen molar-refractivity contribution in [1.29, 1.82) is 0 Å². The van der Waals surface area contributed by atoms with Crippen molar-refractivity contribution >= 4 is 0 Å². The van der Waals surface area contributed by atoms with Crippen LogP contribution in [-0.4, -0.2) is 39.3 Å². The van der Waals surface area contributed by atoms with E-state index in [4.69, 9.17) is 5.73 Å². The van der Waals surface area contributed by atoms with Crippen molar-refractivity contribution in [2.45, 2.75) is 44.7 Å². The van der Waals surface area contributed by atoms with Gasteiger partial charge in [0.25, 0.3) is 0 Å². The van der Waals surface area contributed by atoms with Gasteiger partial charge < -0.3 is 10.6 Å². The quantitative estimate of drug-likeness (QED) is 0.826. The van der Waals surface area contributed by atoms with Gasteiger partial charge in [-0.15, -0.1) is 0 Å². The molecule has 0 radical (unpaired) electrons. The average molecular weight is 235 g/mol. The van der Waals surface area contributed by atoms with Gasteiger partial charge >= 0.3 is 0 Å². The number of rotatable bonds is 2. The normalized spacial score (nSPS) is 29.5. The van der Waals surface area contributed by atoms with Crippen molar-refractivity contribution < 1.29 is 0 Å². The molecule has 0 spiro atoms. The molecule has 2 unspecified atom stereocenters. The lowest BCUT2D eigenvalue weighted by atomic mass is 10.1. The van der Waals surface area contributed by atoms with Crippen LogP contribution in [0.4, 0.5) is 0 Å². The highest BCUT2D eigenvalue weighted by Crippen LogP contribution is 2.27. The number of likely N-dealkylation sites (N-methyl/N-ethyl adjacent to an activating group) is 1. The van der Waals surface area contributed by atoms with Crippen LogP contribution in [0.5, 0.6) is 0 Å². The molecule has 3 rings (SSSR count). The number of nitrogens with zero attached hydrogens (tertiary/aromatic N) is 4. The third kappa shape index (κ3) is 1.98. The van der Waals surface area contributed by atoms with Crippen molar-refractivity contribution in [3.63, 3.8) is 0 Å². The molecule has 17 heavy (non-hydrogen) atoms. The number of aryl methyl sites for hydroxylation is 1. The molecule has 2 atom stereocenters. The molecule has 0 amide bonds. The van der Waals surface area contributed by atoms with Gasteiger partial charge in [0.1, 0.15) is 5.82 Å². The van der Waals surface area contributed by atoms with Gasteiger partial charge in [0.2, 0.25) is 0 Å². The SMILES string of the molecule is CCN1CCC(c2nc3n(n2)CCCC3N)C1. The average Bonchev–Trinajstić information content (AvgIpc) is 2.95. The first kappa shape index (κ1) is 11.2. The Kier molecular flexibility index (Phi) is 2.88. The molecule has 94 valence electrons. The second kappa shape index (κ2) is 4.38. The molecular formula is C12H21N5. The molecule has 2 aliphatic heterocycles. The van der Waals surface area contributed by atoms with Crippen LogP contribution in [0.15, 0.2) is 0 Å². The summed E-state index contributed by atoms with van der Waals surface area (Å²) in [5.74, 6) is 2.54. The van der Waals surface area contributed by atoms with Gasteiger partial charge in [0, 0.05) is 19.0 Å². The number of fused-ring (bicyclic) bond motifs is 1. The van der Waals surface area contributed by atoms with Crippen LogP contribution in [-0.2, 0) is 6.54 Å². The van der Waals surface area contributed by atoms with Gasteiger partial charge in [-0.25, -0.2) is 9.67 Å². The van der Waals surface area contributed by atoms with E-state index in [1.54, 1.807) is 0 Å². The van der Waals surface area contributed by atoms with E-state index in [-0.39, 0.29) is 6.04 Å². The van der Waals surface area contributed by atoms with E-state index in [0.29, 0.717) is 5.92 Å². The lowest BCUT2D eigenvalue weighted by Gasteiger charge is -2.17. The molecule has 0 saturated carbocycles. The maximum absolute atomic E-state index is 6.08. The third-order valence-corrected chi connectivity index (χ3v) is 4.02. The molecule has 0 aromatic carbocycles. The molecule has 5 nitrogen and oxygen atoms in total. The summed E-state index contributed by atoms with van der Waals surface area (Å²) in [6, 6.07) is 0.0914. The molecule has 1 saturated heterocycles. The van der Waals surface area contributed by atoms with Gasteiger partial charge in [0.15, 0.2) is 5.82 Å². The second-order valence-electron chi connectivity index (χ2n) is 5.18. The number of aromatic nitrogens is 3. The van der Waals surface area contributed by atoms with E-state index in [9.17, 15) is 0 Å². The Morgan fingerprint density at radius 2 is 2.24 bits per heavy atom. The van der Waals surface area contributed by atoms with Crippen LogP contribution in [0.3, 0.4) is 0 Å². The maximum atomic E-state index is 6.08. The van der Waals surface area contributed by atoms with Gasteiger partial charge in [0.05, 0.1) is 6.04 Å². The zero-order valence-electron chi connectivity index (χ0n) is 10.5. The molecule has 1 aromatic rings. The highest BCUT2D eigenvalue weighted by molar-refractivity contribution is 5.07. The number of hydrogen-bond donors (Lipinski definition) is 1. The van der Waals surface area contributed by atoms with Crippen LogP contribution in [0, 0.1) is 0 Å². The highest BCUT2D eigenvalue weighted by atomic mass is 15.4. The fraction of sp³-hybridized carbons (Fsp3) is 0.833. The predicted molar refractivity (Wildman–Crippen MR) is 65.7 cm³/mol. The minimum absolute atomic E-state index is 0.0914. The van der Waals surface area contributed by atoms with Crippen molar-refractivity contribution in [3.05, 3.63) is 11.6 Å². The van der Waals surface area contributed by atoms with E-state index >= 15 is 0 Å². The lowest BCUT2D eigenvalue weighted by Crippen LogP contribution is -2.22. The fourth-order valence-electron chi connectivity index (χ4n) is 2.90. The van der Waals surface area contributed by atoms with Crippen LogP contribution < -0.4 is 5.73 Å². The maximum Gasteiger partial charge on any atom is 0.155 e. The van der Waals surface area contributed by atoms with E-state index in [0.717, 1.165) is 44.1 Å². The second-order valence-corrected chi connectivity index (χ2v) is 5.18. The summed E-state index contributed by atoms with van der Waals surface area (Å²) in [5.41, 5.74) is 6.08. The molecule has 0 aliphatic carbocycles. The standard InChI is InChI=1S/C12H21N5/c1-2-16-7-5-9(8-16)11-14-12-10(13)4-3-6-17(12)15-11/h9-10H,2-8,13H2,1H3. The monoisotopic (exact) mass is 235 g/mol. The summed E-state index contributed by atoms with van der Waals surface area (Å²) in [6.45, 7) is 6.61. The van der Waals surface area contributed by atoms with Crippen LogP contribution in [0.2, 0.25) is 0 Å². The predicted octanol–water partition coefficient (Wildman–Crippen LogP) is 0.881. The first-order chi connectivity index (χ1) is 8.28. The molecular weight excluding hydrogens is 214 g/mol. The third-order valence-electron chi connectivity index (χ3n) is 4.02. The summed E-state index contributed by atoms with van der Waals surface area (Å²) < 4.78 is 2.03. The molecule has 0 bridgehead atoms. The number of hydrogen-bond acceptors (Lipinski definition) is 4. The first-order valence-corrected chi connectivity index (χ1v) is 6.70. The molecule has 1 aromatic heterocycles. The zero-order chi connectivity index (χ0) is 11.8. The Morgan fingerprint density at radius 3 is 2.94 bits per heavy atom. The smallest absolute Gasteiger partial charge is 0.155 e. The van der Waals surface area contributed by atoms with Crippen molar-refractivity contribution in [2.24, 2.45) is 5.73 Å². The Morgan fingerprint density at radius 1 is 1.35 bits per heavy atom. The topological polar surface area (TPSA) is 60.0 Å². The summed E-state index contributed by atoms with van der Waals surface area (Å²) >= 11 is 0. The van der Waals surface area contributed by atoms with Gasteiger partial charge in [-0.3, -0.25) is 0 Å². The summed E-state index contributed by atoms with van der Waals surface area (Å²) in [4.78, 5) is 7.15. The Bertz CT molecular complexity index is 400. The van der Waals surface area contributed by atoms with Crippen LogP contribution >= 0.6 is 0 Å².